The smallest absolute Gasteiger partial charge is 0.357 e. The van der Waals surface area contributed by atoms with Crippen LogP contribution in [0.2, 0.25) is 0 Å². The van der Waals surface area contributed by atoms with Crippen LogP contribution in [0, 0.1) is 0 Å². The maximum absolute atomic E-state index is 12.1. The van der Waals surface area contributed by atoms with Gasteiger partial charge in [-0.3, -0.25) is 4.79 Å². The van der Waals surface area contributed by atoms with Crippen molar-refractivity contribution in [3.05, 3.63) is 40.3 Å². The number of benzene rings is 1. The first-order valence-electron chi connectivity index (χ1n) is 5.27. The van der Waals surface area contributed by atoms with E-state index in [0.717, 1.165) is 0 Å². The number of carboxylic acid groups (broad SMARTS) is 1. The number of carbonyl (C=O) groups is 1. The van der Waals surface area contributed by atoms with Gasteiger partial charge in [-0.2, -0.15) is 5.10 Å². The highest BCUT2D eigenvalue weighted by atomic mass is 16.4. The zero-order chi connectivity index (χ0) is 12.6. The Bertz CT molecular complexity index is 644. The summed E-state index contributed by atoms with van der Waals surface area (Å²) in [5, 5.41) is 13.8. The zero-order valence-corrected chi connectivity index (χ0v) is 9.54. The Morgan fingerprint density at radius 3 is 2.41 bits per heavy atom. The number of hydrogen-bond acceptors (Lipinski definition) is 3. The monoisotopic (exact) mass is 232 g/mol. The summed E-state index contributed by atoms with van der Waals surface area (Å²) in [5.41, 5.74) is -0.352. The van der Waals surface area contributed by atoms with Crippen LogP contribution in [0.3, 0.4) is 0 Å². The Kier molecular flexibility index (Phi) is 2.67. The number of rotatable bonds is 2. The maximum atomic E-state index is 12.1. The molecular formula is C12H12N2O3. The van der Waals surface area contributed by atoms with E-state index in [9.17, 15) is 9.59 Å². The Balaban J connectivity index is 2.95. The van der Waals surface area contributed by atoms with Gasteiger partial charge in [0.25, 0.3) is 5.56 Å². The summed E-state index contributed by atoms with van der Waals surface area (Å²) in [6, 6.07) is 6.43. The van der Waals surface area contributed by atoms with Crippen LogP contribution in [-0.4, -0.2) is 20.9 Å². The number of nitrogens with zero attached hydrogens (tertiary/aromatic N) is 2. The van der Waals surface area contributed by atoms with E-state index in [1.165, 1.54) is 4.68 Å². The fourth-order valence-corrected chi connectivity index (χ4v) is 1.71. The molecule has 1 heterocycles. The second-order valence-corrected chi connectivity index (χ2v) is 4.04. The number of aromatic carboxylic acids is 1. The van der Waals surface area contributed by atoms with E-state index in [2.05, 4.69) is 5.10 Å². The standard InChI is InChI=1S/C12H12N2O3/c1-7(2)14-11(15)9-6-4-3-5-8(9)10(13-14)12(16)17/h3-7H,1-2H3,(H,16,17). The highest BCUT2D eigenvalue weighted by Gasteiger charge is 2.16. The van der Waals surface area contributed by atoms with Gasteiger partial charge in [0.15, 0.2) is 5.69 Å². The lowest BCUT2D eigenvalue weighted by atomic mass is 10.1. The summed E-state index contributed by atoms with van der Waals surface area (Å²) in [7, 11) is 0. The fraction of sp³-hybridized carbons (Fsp3) is 0.250. The molecule has 0 fully saturated rings. The molecule has 1 aromatic carbocycles. The average molecular weight is 232 g/mol. The van der Waals surface area contributed by atoms with Crippen LogP contribution >= 0.6 is 0 Å². The van der Waals surface area contributed by atoms with Crippen LogP contribution in [-0.2, 0) is 0 Å². The molecule has 2 rings (SSSR count). The van der Waals surface area contributed by atoms with Crippen molar-refractivity contribution in [1.29, 1.82) is 0 Å². The van der Waals surface area contributed by atoms with E-state index in [4.69, 9.17) is 5.11 Å². The van der Waals surface area contributed by atoms with Gasteiger partial charge in [-0.25, -0.2) is 9.48 Å². The molecule has 88 valence electrons. The molecule has 0 atom stereocenters. The molecule has 0 amide bonds. The van der Waals surface area contributed by atoms with Crippen LogP contribution < -0.4 is 5.56 Å². The molecule has 1 aromatic heterocycles. The van der Waals surface area contributed by atoms with Crippen molar-refractivity contribution >= 4 is 16.7 Å². The van der Waals surface area contributed by atoms with Crippen molar-refractivity contribution in [1.82, 2.24) is 9.78 Å². The molecule has 0 aliphatic carbocycles. The highest BCUT2D eigenvalue weighted by molar-refractivity contribution is 6.01. The summed E-state index contributed by atoms with van der Waals surface area (Å²) in [5.74, 6) is -1.13. The molecule has 0 saturated heterocycles. The van der Waals surface area contributed by atoms with Gasteiger partial charge in [0.05, 0.1) is 11.4 Å². The SMILES string of the molecule is CC(C)n1nc(C(=O)O)c2ccccc2c1=O. The molecule has 0 aliphatic rings. The first-order valence-corrected chi connectivity index (χ1v) is 5.27. The van der Waals surface area contributed by atoms with Crippen molar-refractivity contribution in [3.8, 4) is 0 Å². The van der Waals surface area contributed by atoms with Crippen LogP contribution in [0.25, 0.3) is 10.8 Å². The summed E-state index contributed by atoms with van der Waals surface area (Å²) in [6.07, 6.45) is 0. The van der Waals surface area contributed by atoms with Crippen molar-refractivity contribution in [2.45, 2.75) is 19.9 Å². The summed E-state index contributed by atoms with van der Waals surface area (Å²) >= 11 is 0. The molecule has 2 aromatic rings. The third-order valence-corrected chi connectivity index (χ3v) is 2.52. The minimum absolute atomic E-state index is 0.0890. The minimum atomic E-state index is -1.13. The van der Waals surface area contributed by atoms with Gasteiger partial charge < -0.3 is 5.11 Å². The molecule has 0 unspecified atom stereocenters. The fourth-order valence-electron chi connectivity index (χ4n) is 1.71. The minimum Gasteiger partial charge on any atom is -0.476 e. The van der Waals surface area contributed by atoms with Gasteiger partial charge in [0.2, 0.25) is 0 Å². The Labute approximate surface area is 97.3 Å². The van der Waals surface area contributed by atoms with Gasteiger partial charge in [0.1, 0.15) is 0 Å². The Morgan fingerprint density at radius 2 is 1.88 bits per heavy atom. The molecule has 1 N–H and O–H groups in total. The number of fused-ring (bicyclic) bond motifs is 1. The third-order valence-electron chi connectivity index (χ3n) is 2.52. The van der Waals surface area contributed by atoms with Gasteiger partial charge in [0, 0.05) is 5.39 Å². The van der Waals surface area contributed by atoms with Gasteiger partial charge >= 0.3 is 5.97 Å². The Morgan fingerprint density at radius 1 is 1.29 bits per heavy atom. The quantitative estimate of drug-likeness (QED) is 0.854. The van der Waals surface area contributed by atoms with E-state index in [1.54, 1.807) is 38.1 Å². The molecular weight excluding hydrogens is 220 g/mol. The van der Waals surface area contributed by atoms with Gasteiger partial charge in [-0.15, -0.1) is 0 Å². The van der Waals surface area contributed by atoms with E-state index < -0.39 is 5.97 Å². The first-order chi connectivity index (χ1) is 8.02. The van der Waals surface area contributed by atoms with Crippen LogP contribution in [0.5, 0.6) is 0 Å². The normalized spacial score (nSPS) is 11.0. The predicted molar refractivity (Wildman–Crippen MR) is 63.3 cm³/mol. The van der Waals surface area contributed by atoms with E-state index in [-0.39, 0.29) is 17.3 Å². The molecule has 0 bridgehead atoms. The lowest BCUT2D eigenvalue weighted by Gasteiger charge is -2.11. The summed E-state index contributed by atoms with van der Waals surface area (Å²) in [4.78, 5) is 23.2. The predicted octanol–water partition coefficient (Wildman–Crippen LogP) is 1.68. The molecule has 0 aliphatic heterocycles. The average Bonchev–Trinajstić information content (AvgIpc) is 2.29. The molecule has 0 saturated carbocycles. The van der Waals surface area contributed by atoms with E-state index in [1.807, 2.05) is 0 Å². The van der Waals surface area contributed by atoms with Gasteiger partial charge in [-0.1, -0.05) is 18.2 Å². The third kappa shape index (κ3) is 1.80. The second kappa shape index (κ2) is 4.01. The molecule has 17 heavy (non-hydrogen) atoms. The van der Waals surface area contributed by atoms with E-state index in [0.29, 0.717) is 10.8 Å². The number of aromatic nitrogens is 2. The maximum Gasteiger partial charge on any atom is 0.357 e. The molecule has 5 heteroatoms. The number of carboxylic acids is 1. The Hall–Kier alpha value is -2.17. The van der Waals surface area contributed by atoms with Crippen molar-refractivity contribution in [2.75, 3.05) is 0 Å². The van der Waals surface area contributed by atoms with Crippen LogP contribution in [0.1, 0.15) is 30.4 Å². The van der Waals surface area contributed by atoms with Gasteiger partial charge in [-0.05, 0) is 19.9 Å². The van der Waals surface area contributed by atoms with Crippen LogP contribution in [0.4, 0.5) is 0 Å². The first kappa shape index (κ1) is 11.3. The largest absolute Gasteiger partial charge is 0.476 e. The van der Waals surface area contributed by atoms with Crippen LogP contribution in [0.15, 0.2) is 29.1 Å². The summed E-state index contributed by atoms with van der Waals surface area (Å²) < 4.78 is 1.20. The van der Waals surface area contributed by atoms with Crippen molar-refractivity contribution in [3.63, 3.8) is 0 Å². The topological polar surface area (TPSA) is 72.2 Å². The van der Waals surface area contributed by atoms with Crippen molar-refractivity contribution < 1.29 is 9.90 Å². The molecule has 0 radical (unpaired) electrons. The highest BCUT2D eigenvalue weighted by Crippen LogP contribution is 2.14. The zero-order valence-electron chi connectivity index (χ0n) is 9.54. The molecule has 5 nitrogen and oxygen atoms in total. The lowest BCUT2D eigenvalue weighted by molar-refractivity contribution is 0.0689. The summed E-state index contributed by atoms with van der Waals surface area (Å²) in [6.45, 7) is 3.57. The molecule has 0 spiro atoms. The number of hydrogen-bond donors (Lipinski definition) is 1. The van der Waals surface area contributed by atoms with Crippen molar-refractivity contribution in [2.24, 2.45) is 0 Å². The lowest BCUT2D eigenvalue weighted by Crippen LogP contribution is -2.27. The van der Waals surface area contributed by atoms with E-state index >= 15 is 0 Å². The second-order valence-electron chi connectivity index (χ2n) is 4.04.